The molecule has 2 rings (SSSR count). The number of ether oxygens (including phenoxy) is 2. The molecule has 0 saturated carbocycles. The second-order valence-corrected chi connectivity index (χ2v) is 5.50. The summed E-state index contributed by atoms with van der Waals surface area (Å²) in [6.45, 7) is 4.35. The van der Waals surface area contributed by atoms with Crippen molar-refractivity contribution in [2.24, 2.45) is 0 Å². The van der Waals surface area contributed by atoms with Gasteiger partial charge in [-0.2, -0.15) is 0 Å². The van der Waals surface area contributed by atoms with Gasteiger partial charge in [-0.1, -0.05) is 0 Å². The van der Waals surface area contributed by atoms with E-state index >= 15 is 0 Å². The van der Waals surface area contributed by atoms with Crippen molar-refractivity contribution in [1.82, 2.24) is 10.2 Å². The predicted molar refractivity (Wildman–Crippen MR) is 81.7 cm³/mol. The van der Waals surface area contributed by atoms with Crippen LogP contribution in [-0.4, -0.2) is 44.2 Å². The van der Waals surface area contributed by atoms with Crippen LogP contribution in [0.25, 0.3) is 0 Å². The fraction of sp³-hybridized carbons (Fsp3) is 0.562. The molecule has 1 heterocycles. The Kier molecular flexibility index (Phi) is 5.44. The maximum absolute atomic E-state index is 11.2. The molecule has 1 aromatic rings. The number of benzene rings is 1. The summed E-state index contributed by atoms with van der Waals surface area (Å²) < 4.78 is 10.6. The van der Waals surface area contributed by atoms with E-state index in [4.69, 9.17) is 9.47 Å². The summed E-state index contributed by atoms with van der Waals surface area (Å²) in [5.74, 6) is 1.66. The number of hydrogen-bond acceptors (Lipinski definition) is 4. The number of amides is 1. The van der Waals surface area contributed by atoms with Gasteiger partial charge >= 0.3 is 0 Å². The van der Waals surface area contributed by atoms with E-state index in [1.165, 1.54) is 0 Å². The smallest absolute Gasteiger partial charge is 0.217 e. The van der Waals surface area contributed by atoms with Crippen LogP contribution in [0.3, 0.4) is 0 Å². The zero-order valence-electron chi connectivity index (χ0n) is 13.0. The number of hydrogen-bond donors (Lipinski definition) is 1. The van der Waals surface area contributed by atoms with Gasteiger partial charge in [0.1, 0.15) is 11.5 Å². The van der Waals surface area contributed by atoms with E-state index in [2.05, 4.69) is 10.2 Å². The number of piperidine rings is 1. The second kappa shape index (κ2) is 7.31. The summed E-state index contributed by atoms with van der Waals surface area (Å²) in [6, 6.07) is 6.19. The Hall–Kier alpha value is -1.75. The van der Waals surface area contributed by atoms with Crippen LogP contribution >= 0.6 is 0 Å². The number of carbonyl (C=O) groups excluding carboxylic acids is 1. The molecule has 1 fully saturated rings. The van der Waals surface area contributed by atoms with Gasteiger partial charge in [0.15, 0.2) is 0 Å². The Morgan fingerprint density at radius 1 is 1.29 bits per heavy atom. The number of nitrogens with zero attached hydrogens (tertiary/aromatic N) is 1. The molecule has 1 N–H and O–H groups in total. The normalized spacial score (nSPS) is 19.1. The number of likely N-dealkylation sites (tertiary alicyclic amines) is 1. The van der Waals surface area contributed by atoms with Crippen molar-refractivity contribution < 1.29 is 14.3 Å². The molecular formula is C16H24N2O3. The van der Waals surface area contributed by atoms with Gasteiger partial charge < -0.3 is 14.8 Å². The molecule has 1 atom stereocenters. The Bertz CT molecular complexity index is 468. The summed E-state index contributed by atoms with van der Waals surface area (Å²) in [7, 11) is 3.32. The number of nitrogens with one attached hydrogen (secondary N) is 1. The Labute approximate surface area is 126 Å². The van der Waals surface area contributed by atoms with Crippen LogP contribution in [-0.2, 0) is 11.3 Å². The molecule has 1 aromatic carbocycles. The minimum absolute atomic E-state index is 0.0462. The zero-order valence-corrected chi connectivity index (χ0v) is 13.0. The van der Waals surface area contributed by atoms with Crippen molar-refractivity contribution in [3.05, 3.63) is 23.8 Å². The summed E-state index contributed by atoms with van der Waals surface area (Å²) in [4.78, 5) is 13.5. The maximum atomic E-state index is 11.2. The molecule has 0 spiro atoms. The van der Waals surface area contributed by atoms with Crippen molar-refractivity contribution in [3.63, 3.8) is 0 Å². The third kappa shape index (κ3) is 4.63. The van der Waals surface area contributed by atoms with E-state index < -0.39 is 0 Å². The first-order valence-corrected chi connectivity index (χ1v) is 7.32. The molecule has 116 valence electrons. The first-order valence-electron chi connectivity index (χ1n) is 7.32. The highest BCUT2D eigenvalue weighted by atomic mass is 16.5. The fourth-order valence-corrected chi connectivity index (χ4v) is 2.82. The van der Waals surface area contributed by atoms with Gasteiger partial charge in [0.25, 0.3) is 0 Å². The van der Waals surface area contributed by atoms with E-state index in [0.717, 1.165) is 49.5 Å². The van der Waals surface area contributed by atoms with Gasteiger partial charge in [-0.3, -0.25) is 9.69 Å². The van der Waals surface area contributed by atoms with Crippen LogP contribution in [0.2, 0.25) is 0 Å². The van der Waals surface area contributed by atoms with Gasteiger partial charge in [0, 0.05) is 32.1 Å². The van der Waals surface area contributed by atoms with Crippen molar-refractivity contribution >= 4 is 5.91 Å². The van der Waals surface area contributed by atoms with E-state index in [9.17, 15) is 4.79 Å². The monoisotopic (exact) mass is 292 g/mol. The second-order valence-electron chi connectivity index (χ2n) is 5.50. The lowest BCUT2D eigenvalue weighted by Gasteiger charge is -2.33. The number of methoxy groups -OCH3 is 2. The first kappa shape index (κ1) is 15.6. The standard InChI is InChI=1S/C16H24N2O3/c1-12(19)17-14-5-4-6-18(11-14)10-13-7-15(20-2)9-16(8-13)21-3/h7-9,14H,4-6,10-11H2,1-3H3,(H,17,19). The Morgan fingerprint density at radius 3 is 2.52 bits per heavy atom. The van der Waals surface area contributed by atoms with Crippen LogP contribution in [0.5, 0.6) is 11.5 Å². The minimum atomic E-state index is 0.0462. The van der Waals surface area contributed by atoms with E-state index in [0.29, 0.717) is 0 Å². The molecule has 0 aromatic heterocycles. The molecule has 5 heteroatoms. The third-order valence-corrected chi connectivity index (χ3v) is 3.73. The molecule has 1 unspecified atom stereocenters. The van der Waals surface area contributed by atoms with Crippen LogP contribution in [0.1, 0.15) is 25.3 Å². The first-order chi connectivity index (χ1) is 10.1. The molecule has 1 aliphatic heterocycles. The van der Waals surface area contributed by atoms with Gasteiger partial charge in [0.05, 0.1) is 14.2 Å². The van der Waals surface area contributed by atoms with Gasteiger partial charge in [0.2, 0.25) is 5.91 Å². The SMILES string of the molecule is COc1cc(CN2CCCC(NC(C)=O)C2)cc(OC)c1. The largest absolute Gasteiger partial charge is 0.497 e. The highest BCUT2D eigenvalue weighted by Gasteiger charge is 2.20. The maximum Gasteiger partial charge on any atom is 0.217 e. The van der Waals surface area contributed by atoms with Crippen LogP contribution in [0.15, 0.2) is 18.2 Å². The lowest BCUT2D eigenvalue weighted by molar-refractivity contribution is -0.120. The molecule has 0 bridgehead atoms. The van der Waals surface area contributed by atoms with Crippen molar-refractivity contribution in [2.45, 2.75) is 32.4 Å². The van der Waals surface area contributed by atoms with Crippen molar-refractivity contribution in [2.75, 3.05) is 27.3 Å². The number of carbonyl (C=O) groups is 1. The fourth-order valence-electron chi connectivity index (χ4n) is 2.82. The quantitative estimate of drug-likeness (QED) is 0.899. The lowest BCUT2D eigenvalue weighted by Crippen LogP contribution is -2.46. The molecule has 1 saturated heterocycles. The van der Waals surface area contributed by atoms with Crippen LogP contribution < -0.4 is 14.8 Å². The summed E-state index contributed by atoms with van der Waals surface area (Å²) in [6.07, 6.45) is 2.16. The average Bonchev–Trinajstić information content (AvgIpc) is 2.46. The molecule has 1 amide bonds. The zero-order chi connectivity index (χ0) is 15.2. The van der Waals surface area contributed by atoms with Crippen molar-refractivity contribution in [3.8, 4) is 11.5 Å². The van der Waals surface area contributed by atoms with Gasteiger partial charge in [-0.25, -0.2) is 0 Å². The number of rotatable bonds is 5. The summed E-state index contributed by atoms with van der Waals surface area (Å²) in [5.41, 5.74) is 1.16. The van der Waals surface area contributed by atoms with Gasteiger partial charge in [-0.05, 0) is 37.1 Å². The summed E-state index contributed by atoms with van der Waals surface area (Å²) in [5, 5.41) is 3.01. The molecule has 1 aliphatic rings. The van der Waals surface area contributed by atoms with Crippen LogP contribution in [0, 0.1) is 0 Å². The van der Waals surface area contributed by atoms with E-state index in [1.807, 2.05) is 18.2 Å². The van der Waals surface area contributed by atoms with E-state index in [-0.39, 0.29) is 11.9 Å². The summed E-state index contributed by atoms with van der Waals surface area (Å²) >= 11 is 0. The average molecular weight is 292 g/mol. The highest BCUT2D eigenvalue weighted by molar-refractivity contribution is 5.73. The topological polar surface area (TPSA) is 50.8 Å². The Balaban J connectivity index is 2.01. The lowest BCUT2D eigenvalue weighted by atomic mass is 10.0. The third-order valence-electron chi connectivity index (χ3n) is 3.73. The molecule has 0 radical (unpaired) electrons. The minimum Gasteiger partial charge on any atom is -0.497 e. The molecular weight excluding hydrogens is 268 g/mol. The van der Waals surface area contributed by atoms with Gasteiger partial charge in [-0.15, -0.1) is 0 Å². The highest BCUT2D eigenvalue weighted by Crippen LogP contribution is 2.24. The predicted octanol–water partition coefficient (Wildman–Crippen LogP) is 1.80. The van der Waals surface area contributed by atoms with Crippen LogP contribution in [0.4, 0.5) is 0 Å². The Morgan fingerprint density at radius 2 is 1.95 bits per heavy atom. The molecule has 21 heavy (non-hydrogen) atoms. The molecule has 0 aliphatic carbocycles. The molecule has 5 nitrogen and oxygen atoms in total. The van der Waals surface area contributed by atoms with E-state index in [1.54, 1.807) is 21.1 Å². The van der Waals surface area contributed by atoms with Crippen molar-refractivity contribution in [1.29, 1.82) is 0 Å².